The summed E-state index contributed by atoms with van der Waals surface area (Å²) in [5, 5.41) is 2.92. The molecule has 0 radical (unpaired) electrons. The lowest BCUT2D eigenvalue weighted by molar-refractivity contribution is 0.0948. The molecule has 0 aliphatic heterocycles. The number of methoxy groups -OCH3 is 1. The Labute approximate surface area is 173 Å². The van der Waals surface area contributed by atoms with E-state index in [0.717, 1.165) is 55.5 Å². The Kier molecular flexibility index (Phi) is 7.50. The Morgan fingerprint density at radius 3 is 2.69 bits per heavy atom. The van der Waals surface area contributed by atoms with Gasteiger partial charge in [0, 0.05) is 18.8 Å². The molecule has 1 N–H and O–H groups in total. The molecule has 0 atom stereocenters. The summed E-state index contributed by atoms with van der Waals surface area (Å²) in [4.78, 5) is 26.1. The number of carbonyl (C=O) groups excluding carboxylic acids is 1. The summed E-state index contributed by atoms with van der Waals surface area (Å²) in [7, 11) is 1.62. The van der Waals surface area contributed by atoms with Gasteiger partial charge in [-0.15, -0.1) is 0 Å². The van der Waals surface area contributed by atoms with Crippen LogP contribution in [0.25, 0.3) is 0 Å². The van der Waals surface area contributed by atoms with Crippen molar-refractivity contribution in [2.24, 2.45) is 0 Å². The molecular formula is C24H32N2O3. The lowest BCUT2D eigenvalue weighted by atomic mass is 9.95. The zero-order valence-corrected chi connectivity index (χ0v) is 17.6. The van der Waals surface area contributed by atoms with Crippen LogP contribution < -0.4 is 15.6 Å². The van der Waals surface area contributed by atoms with E-state index in [-0.39, 0.29) is 17.0 Å². The number of ether oxygens (including phenoxy) is 1. The first-order valence-corrected chi connectivity index (χ1v) is 10.8. The monoisotopic (exact) mass is 396 g/mol. The van der Waals surface area contributed by atoms with Crippen LogP contribution in [-0.4, -0.2) is 17.6 Å². The van der Waals surface area contributed by atoms with E-state index in [4.69, 9.17) is 4.74 Å². The molecule has 1 aromatic carbocycles. The van der Waals surface area contributed by atoms with E-state index in [9.17, 15) is 9.59 Å². The number of pyridine rings is 1. The molecule has 5 heteroatoms. The fourth-order valence-corrected chi connectivity index (χ4v) is 4.01. The SMILES string of the molecule is CCCCn1c2c(cc(C(=O)NCc3cccc(OC)c3)c1=O)CCCCCC2. The summed E-state index contributed by atoms with van der Waals surface area (Å²) in [5.74, 6) is 0.452. The van der Waals surface area contributed by atoms with E-state index in [1.807, 2.05) is 34.9 Å². The second-order valence-corrected chi connectivity index (χ2v) is 7.79. The zero-order chi connectivity index (χ0) is 20.6. The summed E-state index contributed by atoms with van der Waals surface area (Å²) in [6.07, 6.45) is 8.49. The van der Waals surface area contributed by atoms with Crippen molar-refractivity contribution in [1.29, 1.82) is 0 Å². The van der Waals surface area contributed by atoms with Gasteiger partial charge < -0.3 is 14.6 Å². The molecule has 1 heterocycles. The topological polar surface area (TPSA) is 60.3 Å². The Morgan fingerprint density at radius 2 is 1.93 bits per heavy atom. The quantitative estimate of drug-likeness (QED) is 0.761. The average molecular weight is 397 g/mol. The minimum atomic E-state index is -0.298. The molecule has 156 valence electrons. The molecule has 3 rings (SSSR count). The molecule has 5 nitrogen and oxygen atoms in total. The number of unbranched alkanes of at least 4 members (excludes halogenated alkanes) is 1. The van der Waals surface area contributed by atoms with Gasteiger partial charge in [0.25, 0.3) is 11.5 Å². The second-order valence-electron chi connectivity index (χ2n) is 7.79. The highest BCUT2D eigenvalue weighted by Gasteiger charge is 2.20. The number of fused-ring (bicyclic) bond motifs is 1. The van der Waals surface area contributed by atoms with Crippen LogP contribution in [0.3, 0.4) is 0 Å². The Morgan fingerprint density at radius 1 is 1.14 bits per heavy atom. The van der Waals surface area contributed by atoms with Crippen molar-refractivity contribution in [3.8, 4) is 5.75 Å². The molecule has 29 heavy (non-hydrogen) atoms. The molecule has 2 aromatic rings. The van der Waals surface area contributed by atoms with Gasteiger partial charge in [0.05, 0.1) is 7.11 Å². The van der Waals surface area contributed by atoms with Gasteiger partial charge in [0.1, 0.15) is 11.3 Å². The fraction of sp³-hybridized carbons (Fsp3) is 0.500. The molecule has 0 unspecified atom stereocenters. The number of aryl methyl sites for hydroxylation is 1. The van der Waals surface area contributed by atoms with Crippen LogP contribution in [-0.2, 0) is 25.9 Å². The molecule has 1 aromatic heterocycles. The number of amides is 1. The molecule has 0 bridgehead atoms. The third-order valence-electron chi connectivity index (χ3n) is 5.67. The van der Waals surface area contributed by atoms with E-state index in [2.05, 4.69) is 12.2 Å². The van der Waals surface area contributed by atoms with Gasteiger partial charge in [0.2, 0.25) is 0 Å². The number of nitrogens with one attached hydrogen (secondary N) is 1. The molecule has 1 amide bonds. The summed E-state index contributed by atoms with van der Waals surface area (Å²) in [5.41, 5.74) is 3.37. The molecule has 1 aliphatic carbocycles. The van der Waals surface area contributed by atoms with Crippen molar-refractivity contribution < 1.29 is 9.53 Å². The second kappa shape index (κ2) is 10.3. The van der Waals surface area contributed by atoms with Gasteiger partial charge in [-0.2, -0.15) is 0 Å². The fourth-order valence-electron chi connectivity index (χ4n) is 4.01. The van der Waals surface area contributed by atoms with Gasteiger partial charge in [-0.1, -0.05) is 38.3 Å². The predicted octanol–water partition coefficient (Wildman–Crippen LogP) is 4.25. The largest absolute Gasteiger partial charge is 0.497 e. The maximum absolute atomic E-state index is 13.2. The van der Waals surface area contributed by atoms with Crippen LogP contribution in [0.5, 0.6) is 5.75 Å². The van der Waals surface area contributed by atoms with E-state index in [1.165, 1.54) is 18.4 Å². The van der Waals surface area contributed by atoms with Crippen LogP contribution in [0.15, 0.2) is 35.1 Å². The van der Waals surface area contributed by atoms with Crippen LogP contribution in [0.1, 0.15) is 72.6 Å². The van der Waals surface area contributed by atoms with Gasteiger partial charge in [0.15, 0.2) is 0 Å². The Hall–Kier alpha value is -2.56. The number of hydrogen-bond donors (Lipinski definition) is 1. The van der Waals surface area contributed by atoms with Crippen molar-refractivity contribution in [3.05, 3.63) is 63.1 Å². The van der Waals surface area contributed by atoms with Crippen molar-refractivity contribution in [3.63, 3.8) is 0 Å². The first kappa shape index (κ1) is 21.2. The average Bonchev–Trinajstić information content (AvgIpc) is 2.72. The maximum Gasteiger partial charge on any atom is 0.263 e. The van der Waals surface area contributed by atoms with Crippen molar-refractivity contribution in [2.75, 3.05) is 7.11 Å². The number of carbonyl (C=O) groups is 1. The van der Waals surface area contributed by atoms with Gasteiger partial charge in [-0.05, 0) is 61.4 Å². The number of aromatic nitrogens is 1. The molecule has 0 saturated heterocycles. The lowest BCUT2D eigenvalue weighted by Gasteiger charge is -2.21. The van der Waals surface area contributed by atoms with Crippen molar-refractivity contribution in [2.45, 2.75) is 71.4 Å². The maximum atomic E-state index is 13.2. The highest BCUT2D eigenvalue weighted by atomic mass is 16.5. The normalized spacial score (nSPS) is 13.9. The van der Waals surface area contributed by atoms with E-state index in [1.54, 1.807) is 7.11 Å². The first-order chi connectivity index (χ1) is 14.1. The molecule has 1 aliphatic rings. The third kappa shape index (κ3) is 5.28. The number of hydrogen-bond acceptors (Lipinski definition) is 3. The summed E-state index contributed by atoms with van der Waals surface area (Å²) >= 11 is 0. The standard InChI is InChI=1S/C24H32N2O3/c1-3-4-14-26-22-13-8-6-5-7-11-19(22)16-21(24(26)28)23(27)25-17-18-10-9-12-20(15-18)29-2/h9-10,12,15-16H,3-8,11,13-14,17H2,1-2H3,(H,25,27). The Balaban J connectivity index is 1.87. The smallest absolute Gasteiger partial charge is 0.263 e. The number of nitrogens with zero attached hydrogens (tertiary/aromatic N) is 1. The van der Waals surface area contributed by atoms with Gasteiger partial charge in [-0.25, -0.2) is 0 Å². The van der Waals surface area contributed by atoms with E-state index < -0.39 is 0 Å². The molecule has 0 fully saturated rings. The van der Waals surface area contributed by atoms with E-state index >= 15 is 0 Å². The first-order valence-electron chi connectivity index (χ1n) is 10.8. The van der Waals surface area contributed by atoms with Gasteiger partial charge in [-0.3, -0.25) is 9.59 Å². The molecule has 0 spiro atoms. The van der Waals surface area contributed by atoms with Crippen molar-refractivity contribution >= 4 is 5.91 Å². The summed E-state index contributed by atoms with van der Waals surface area (Å²) in [6, 6.07) is 9.44. The highest BCUT2D eigenvalue weighted by Crippen LogP contribution is 2.21. The van der Waals surface area contributed by atoms with Crippen molar-refractivity contribution in [1.82, 2.24) is 9.88 Å². The minimum absolute atomic E-state index is 0.152. The van der Waals surface area contributed by atoms with Crippen LogP contribution in [0.4, 0.5) is 0 Å². The number of rotatable bonds is 7. The van der Waals surface area contributed by atoms with E-state index in [0.29, 0.717) is 13.1 Å². The van der Waals surface area contributed by atoms with Crippen LogP contribution >= 0.6 is 0 Å². The van der Waals surface area contributed by atoms with Crippen LogP contribution in [0.2, 0.25) is 0 Å². The molecular weight excluding hydrogens is 364 g/mol. The third-order valence-corrected chi connectivity index (χ3v) is 5.67. The summed E-state index contributed by atoms with van der Waals surface area (Å²) < 4.78 is 7.12. The zero-order valence-electron chi connectivity index (χ0n) is 17.6. The summed E-state index contributed by atoms with van der Waals surface area (Å²) in [6.45, 7) is 3.18. The molecule has 0 saturated carbocycles. The lowest BCUT2D eigenvalue weighted by Crippen LogP contribution is -2.35. The van der Waals surface area contributed by atoms with Crippen LogP contribution in [0, 0.1) is 0 Å². The number of benzene rings is 1. The predicted molar refractivity (Wildman–Crippen MR) is 116 cm³/mol. The highest BCUT2D eigenvalue weighted by molar-refractivity contribution is 5.94. The van der Waals surface area contributed by atoms with Gasteiger partial charge >= 0.3 is 0 Å². The Bertz CT molecular complexity index is 901. The minimum Gasteiger partial charge on any atom is -0.497 e.